The van der Waals surface area contributed by atoms with E-state index in [9.17, 15) is 9.59 Å². The molecular formula is C23H24N4O2. The van der Waals surface area contributed by atoms with Crippen LogP contribution in [0, 0.1) is 13.8 Å². The maximum Gasteiger partial charge on any atom is 0.255 e. The first-order valence-corrected chi connectivity index (χ1v) is 9.97. The van der Waals surface area contributed by atoms with Crippen LogP contribution >= 0.6 is 0 Å². The van der Waals surface area contributed by atoms with E-state index in [4.69, 9.17) is 0 Å². The summed E-state index contributed by atoms with van der Waals surface area (Å²) >= 11 is 0. The highest BCUT2D eigenvalue weighted by atomic mass is 16.2. The molecule has 6 heteroatoms. The zero-order valence-corrected chi connectivity index (χ0v) is 16.7. The van der Waals surface area contributed by atoms with Crippen molar-refractivity contribution < 1.29 is 9.59 Å². The van der Waals surface area contributed by atoms with Crippen LogP contribution in [0.15, 0.2) is 42.5 Å². The van der Waals surface area contributed by atoms with Gasteiger partial charge in [-0.3, -0.25) is 9.59 Å². The molecule has 4 rings (SSSR count). The number of amides is 2. The molecule has 148 valence electrons. The first-order valence-electron chi connectivity index (χ1n) is 9.97. The Balaban J connectivity index is 1.53. The minimum atomic E-state index is -0.241. The monoisotopic (exact) mass is 388 g/mol. The second-order valence-electron chi connectivity index (χ2n) is 7.49. The molecular weight excluding hydrogens is 364 g/mol. The Morgan fingerprint density at radius 3 is 2.34 bits per heavy atom. The van der Waals surface area contributed by atoms with Crippen molar-refractivity contribution in [3.63, 3.8) is 0 Å². The Hall–Kier alpha value is -3.28. The molecule has 0 unspecified atom stereocenters. The van der Waals surface area contributed by atoms with Gasteiger partial charge >= 0.3 is 0 Å². The van der Waals surface area contributed by atoms with Gasteiger partial charge in [-0.2, -0.15) is 0 Å². The molecule has 1 aliphatic rings. The van der Waals surface area contributed by atoms with Crippen molar-refractivity contribution in [2.75, 3.05) is 18.4 Å². The fourth-order valence-electron chi connectivity index (χ4n) is 3.58. The van der Waals surface area contributed by atoms with E-state index in [0.29, 0.717) is 22.3 Å². The van der Waals surface area contributed by atoms with Gasteiger partial charge in [-0.05, 0) is 69.5 Å². The zero-order valence-electron chi connectivity index (χ0n) is 16.7. The van der Waals surface area contributed by atoms with Gasteiger partial charge in [-0.25, -0.2) is 9.97 Å². The summed E-state index contributed by atoms with van der Waals surface area (Å²) in [4.78, 5) is 36.4. The molecule has 1 saturated heterocycles. The molecule has 2 aromatic carbocycles. The number of nitrogens with one attached hydrogen (secondary N) is 1. The molecule has 2 amide bonds. The highest BCUT2D eigenvalue weighted by molar-refractivity contribution is 6.06. The third-order valence-electron chi connectivity index (χ3n) is 5.35. The molecule has 0 spiro atoms. The number of carbonyl (C=O) groups is 2. The van der Waals surface area contributed by atoms with Crippen molar-refractivity contribution in [3.05, 3.63) is 65.0 Å². The molecule has 29 heavy (non-hydrogen) atoms. The van der Waals surface area contributed by atoms with Gasteiger partial charge in [0.2, 0.25) is 0 Å². The van der Waals surface area contributed by atoms with E-state index in [1.54, 1.807) is 42.5 Å². The Kier molecular flexibility index (Phi) is 5.25. The predicted octanol–water partition coefficient (Wildman–Crippen LogP) is 4.13. The van der Waals surface area contributed by atoms with Crippen LogP contribution in [0.4, 0.5) is 5.69 Å². The Bertz CT molecular complexity index is 1090. The summed E-state index contributed by atoms with van der Waals surface area (Å²) in [6.45, 7) is 5.42. The second kappa shape index (κ2) is 7.99. The topological polar surface area (TPSA) is 75.2 Å². The molecule has 0 radical (unpaired) electrons. The molecule has 1 fully saturated rings. The maximum atomic E-state index is 12.7. The molecule has 0 bridgehead atoms. The van der Waals surface area contributed by atoms with Crippen molar-refractivity contribution in [2.45, 2.75) is 33.1 Å². The summed E-state index contributed by atoms with van der Waals surface area (Å²) in [5, 5.41) is 2.89. The second-order valence-corrected chi connectivity index (χ2v) is 7.49. The normalized spacial score (nSPS) is 14.1. The lowest BCUT2D eigenvalue weighted by Crippen LogP contribution is -2.35. The zero-order chi connectivity index (χ0) is 20.4. The number of aryl methyl sites for hydroxylation is 2. The summed E-state index contributed by atoms with van der Waals surface area (Å²) < 4.78 is 0. The van der Waals surface area contributed by atoms with E-state index in [2.05, 4.69) is 15.3 Å². The number of anilines is 1. The fraction of sp³-hybridized carbons (Fsp3) is 0.304. The molecule has 2 heterocycles. The van der Waals surface area contributed by atoms with Crippen molar-refractivity contribution in [2.24, 2.45) is 0 Å². The average Bonchev–Trinajstić information content (AvgIpc) is 2.74. The van der Waals surface area contributed by atoms with E-state index < -0.39 is 0 Å². The van der Waals surface area contributed by atoms with Crippen molar-refractivity contribution >= 4 is 28.5 Å². The number of fused-ring (bicyclic) bond motifs is 1. The van der Waals surface area contributed by atoms with Gasteiger partial charge < -0.3 is 10.2 Å². The summed E-state index contributed by atoms with van der Waals surface area (Å²) in [6.07, 6.45) is 3.27. The van der Waals surface area contributed by atoms with Crippen molar-refractivity contribution in [3.8, 4) is 0 Å². The SMILES string of the molecule is Cc1nc2ccc(C(=O)Nc3cccc(C(=O)N4CCCCC4)c3)cc2nc1C. The highest BCUT2D eigenvalue weighted by Crippen LogP contribution is 2.19. The smallest absolute Gasteiger partial charge is 0.255 e. The Labute approximate surface area is 170 Å². The van der Waals surface area contributed by atoms with Gasteiger partial charge in [0, 0.05) is 29.9 Å². The van der Waals surface area contributed by atoms with Crippen LogP contribution in [0.25, 0.3) is 11.0 Å². The quantitative estimate of drug-likeness (QED) is 0.732. The van der Waals surface area contributed by atoms with Crippen LogP contribution in [0.5, 0.6) is 0 Å². The minimum Gasteiger partial charge on any atom is -0.339 e. The van der Waals surface area contributed by atoms with Crippen LogP contribution in [-0.4, -0.2) is 39.8 Å². The molecule has 1 aromatic heterocycles. The van der Waals surface area contributed by atoms with E-state index in [1.807, 2.05) is 18.7 Å². The molecule has 6 nitrogen and oxygen atoms in total. The number of piperidine rings is 1. The lowest BCUT2D eigenvalue weighted by Gasteiger charge is -2.26. The summed E-state index contributed by atoms with van der Waals surface area (Å²) in [5.41, 5.74) is 4.88. The van der Waals surface area contributed by atoms with E-state index in [0.717, 1.165) is 42.8 Å². The van der Waals surface area contributed by atoms with Crippen molar-refractivity contribution in [1.29, 1.82) is 0 Å². The van der Waals surface area contributed by atoms with Crippen LogP contribution in [0.2, 0.25) is 0 Å². The van der Waals surface area contributed by atoms with Crippen LogP contribution in [-0.2, 0) is 0 Å². The van der Waals surface area contributed by atoms with E-state index >= 15 is 0 Å². The first kappa shape index (κ1) is 19.1. The summed E-state index contributed by atoms with van der Waals surface area (Å²) in [7, 11) is 0. The number of nitrogens with zero attached hydrogens (tertiary/aromatic N) is 3. The van der Waals surface area contributed by atoms with Gasteiger partial charge in [0.05, 0.1) is 22.4 Å². The fourth-order valence-corrected chi connectivity index (χ4v) is 3.58. The number of hydrogen-bond acceptors (Lipinski definition) is 4. The summed E-state index contributed by atoms with van der Waals surface area (Å²) in [6, 6.07) is 12.4. The number of rotatable bonds is 3. The number of carbonyl (C=O) groups excluding carboxylic acids is 2. The van der Waals surface area contributed by atoms with Gasteiger partial charge in [0.1, 0.15) is 0 Å². The van der Waals surface area contributed by atoms with Gasteiger partial charge in [0.25, 0.3) is 11.8 Å². The number of hydrogen-bond donors (Lipinski definition) is 1. The van der Waals surface area contributed by atoms with Gasteiger partial charge in [-0.15, -0.1) is 0 Å². The van der Waals surface area contributed by atoms with Crippen LogP contribution < -0.4 is 5.32 Å². The molecule has 1 aliphatic heterocycles. The summed E-state index contributed by atoms with van der Waals surface area (Å²) in [5.74, 6) is -0.220. The number of benzene rings is 2. The van der Waals surface area contributed by atoms with E-state index in [-0.39, 0.29) is 11.8 Å². The Morgan fingerprint density at radius 1 is 0.862 bits per heavy atom. The van der Waals surface area contributed by atoms with Crippen LogP contribution in [0.3, 0.4) is 0 Å². The molecule has 0 aliphatic carbocycles. The van der Waals surface area contributed by atoms with Crippen molar-refractivity contribution in [1.82, 2.24) is 14.9 Å². The maximum absolute atomic E-state index is 12.7. The Morgan fingerprint density at radius 2 is 1.59 bits per heavy atom. The standard InChI is InChI=1S/C23H24N4O2/c1-15-16(2)25-21-14-17(9-10-20(21)24-15)22(28)26-19-8-6-7-18(13-19)23(29)27-11-4-3-5-12-27/h6-10,13-14H,3-5,11-12H2,1-2H3,(H,26,28). The predicted molar refractivity (Wildman–Crippen MR) is 113 cm³/mol. The first-order chi connectivity index (χ1) is 14.0. The minimum absolute atomic E-state index is 0.0209. The van der Waals surface area contributed by atoms with E-state index in [1.165, 1.54) is 6.42 Å². The highest BCUT2D eigenvalue weighted by Gasteiger charge is 2.18. The lowest BCUT2D eigenvalue weighted by atomic mass is 10.1. The lowest BCUT2D eigenvalue weighted by molar-refractivity contribution is 0.0724. The molecule has 0 atom stereocenters. The average molecular weight is 388 g/mol. The molecule has 3 aromatic rings. The van der Waals surface area contributed by atoms with Gasteiger partial charge in [0.15, 0.2) is 0 Å². The molecule has 0 saturated carbocycles. The third-order valence-corrected chi connectivity index (χ3v) is 5.35. The van der Waals surface area contributed by atoms with Crippen LogP contribution in [0.1, 0.15) is 51.4 Å². The number of aromatic nitrogens is 2. The third kappa shape index (κ3) is 4.11. The molecule has 1 N–H and O–H groups in total. The number of likely N-dealkylation sites (tertiary alicyclic amines) is 1. The van der Waals surface area contributed by atoms with Gasteiger partial charge in [-0.1, -0.05) is 6.07 Å². The largest absolute Gasteiger partial charge is 0.339 e.